The summed E-state index contributed by atoms with van der Waals surface area (Å²) in [6.45, 7) is 7.62. The van der Waals surface area contributed by atoms with E-state index in [1.165, 1.54) is 12.5 Å². The lowest BCUT2D eigenvalue weighted by Crippen LogP contribution is -2.57. The summed E-state index contributed by atoms with van der Waals surface area (Å²) in [6, 6.07) is 0. The molecule has 9 atom stereocenters. The van der Waals surface area contributed by atoms with E-state index in [2.05, 4.69) is 19.9 Å². The Morgan fingerprint density at radius 3 is 2.60 bits per heavy atom. The van der Waals surface area contributed by atoms with Crippen LogP contribution in [0.3, 0.4) is 0 Å². The van der Waals surface area contributed by atoms with Gasteiger partial charge < -0.3 is 14.9 Å². The van der Waals surface area contributed by atoms with Crippen LogP contribution >= 0.6 is 0 Å². The van der Waals surface area contributed by atoms with Gasteiger partial charge in [-0.05, 0) is 80.5 Å². The van der Waals surface area contributed by atoms with Crippen molar-refractivity contribution in [1.29, 1.82) is 0 Å². The van der Waals surface area contributed by atoms with E-state index in [0.717, 1.165) is 44.9 Å². The number of rotatable bonds is 4. The number of esters is 1. The van der Waals surface area contributed by atoms with Crippen molar-refractivity contribution in [2.24, 2.45) is 40.4 Å². The molecule has 0 spiro atoms. The first-order valence-corrected chi connectivity index (χ1v) is 11.8. The third-order valence-electron chi connectivity index (χ3n) is 9.59. The minimum Gasteiger partial charge on any atom is -0.462 e. The summed E-state index contributed by atoms with van der Waals surface area (Å²) < 4.78 is 6.00. The van der Waals surface area contributed by atoms with E-state index in [9.17, 15) is 19.8 Å². The van der Waals surface area contributed by atoms with Gasteiger partial charge >= 0.3 is 5.97 Å². The van der Waals surface area contributed by atoms with Gasteiger partial charge in [0.2, 0.25) is 0 Å². The molecule has 0 aromatic rings. The maximum Gasteiger partial charge on any atom is 0.302 e. The molecule has 4 aliphatic carbocycles. The first-order valence-electron chi connectivity index (χ1n) is 11.8. The second-order valence-electron chi connectivity index (χ2n) is 11.0. The molecule has 5 heteroatoms. The summed E-state index contributed by atoms with van der Waals surface area (Å²) in [5, 5.41) is 19.6. The molecule has 2 N–H and O–H groups in total. The second-order valence-corrected chi connectivity index (χ2v) is 11.0. The van der Waals surface area contributed by atoms with Crippen LogP contribution in [-0.2, 0) is 14.3 Å². The number of fused-ring (bicyclic) bond motifs is 5. The van der Waals surface area contributed by atoms with Crippen LogP contribution in [0.25, 0.3) is 0 Å². The minimum atomic E-state index is -0.668. The molecule has 3 unspecified atom stereocenters. The molecular formula is C25H38O5. The summed E-state index contributed by atoms with van der Waals surface area (Å²) in [5.41, 5.74) is 1.22. The fourth-order valence-corrected chi connectivity index (χ4v) is 8.25. The highest BCUT2D eigenvalue weighted by atomic mass is 16.5. The molecule has 168 valence electrons. The van der Waals surface area contributed by atoms with Gasteiger partial charge in [0.25, 0.3) is 0 Å². The van der Waals surface area contributed by atoms with Gasteiger partial charge in [-0.15, -0.1) is 0 Å². The molecule has 0 aromatic heterocycles. The molecule has 0 aliphatic heterocycles. The molecule has 30 heavy (non-hydrogen) atoms. The number of aliphatic hydroxyl groups excluding tert-OH is 2. The standard InChI is InChI=1S/C25H38O5/c1-14(27)19-7-8-20-18-6-5-17-11-16(21(29)13-26)9-10-24(17,3)23(18)22(30-15(2)28)12-25(19,20)4/h5,16,18-23,26,29H,6-13H2,1-4H3/t16?,18-,19+,20-,21?,22?,23+,24-,25+/m0/s1. The van der Waals surface area contributed by atoms with Gasteiger partial charge in [0, 0.05) is 18.8 Å². The highest BCUT2D eigenvalue weighted by Crippen LogP contribution is 2.67. The molecule has 3 saturated carbocycles. The number of carbonyl (C=O) groups is 2. The zero-order valence-electron chi connectivity index (χ0n) is 18.9. The van der Waals surface area contributed by atoms with Gasteiger partial charge in [-0.2, -0.15) is 0 Å². The Hall–Kier alpha value is -1.20. The van der Waals surface area contributed by atoms with Crippen molar-refractivity contribution in [2.75, 3.05) is 6.61 Å². The number of Topliss-reactive ketones (excluding diaryl/α,β-unsaturated/α-hetero) is 1. The van der Waals surface area contributed by atoms with E-state index in [-0.39, 0.29) is 53.0 Å². The summed E-state index contributed by atoms with van der Waals surface area (Å²) in [5.74, 6) is 1.37. The molecule has 0 radical (unpaired) electrons. The number of hydrogen-bond donors (Lipinski definition) is 2. The monoisotopic (exact) mass is 418 g/mol. The van der Waals surface area contributed by atoms with Crippen molar-refractivity contribution in [1.82, 2.24) is 0 Å². The highest BCUT2D eigenvalue weighted by molar-refractivity contribution is 5.79. The van der Waals surface area contributed by atoms with Gasteiger partial charge in [0.15, 0.2) is 0 Å². The fourth-order valence-electron chi connectivity index (χ4n) is 8.25. The predicted molar refractivity (Wildman–Crippen MR) is 113 cm³/mol. The summed E-state index contributed by atoms with van der Waals surface area (Å²) >= 11 is 0. The lowest BCUT2D eigenvalue weighted by molar-refractivity contribution is -0.174. The maximum atomic E-state index is 12.5. The Bertz CT molecular complexity index is 744. The summed E-state index contributed by atoms with van der Waals surface area (Å²) in [7, 11) is 0. The summed E-state index contributed by atoms with van der Waals surface area (Å²) in [6.07, 6.45) is 7.95. The van der Waals surface area contributed by atoms with Gasteiger partial charge in [-0.1, -0.05) is 25.5 Å². The van der Waals surface area contributed by atoms with Gasteiger partial charge in [0.1, 0.15) is 11.9 Å². The van der Waals surface area contributed by atoms with E-state index < -0.39 is 6.10 Å². The molecular weight excluding hydrogens is 380 g/mol. The minimum absolute atomic E-state index is 0.0512. The Kier molecular flexibility index (Phi) is 5.68. The largest absolute Gasteiger partial charge is 0.462 e. The Morgan fingerprint density at radius 2 is 1.97 bits per heavy atom. The average molecular weight is 419 g/mol. The van der Waals surface area contributed by atoms with Crippen molar-refractivity contribution >= 4 is 11.8 Å². The smallest absolute Gasteiger partial charge is 0.302 e. The van der Waals surface area contributed by atoms with Crippen molar-refractivity contribution in [3.8, 4) is 0 Å². The van der Waals surface area contributed by atoms with Gasteiger partial charge in [0.05, 0.1) is 12.7 Å². The number of aliphatic hydroxyl groups is 2. The molecule has 0 bridgehead atoms. The SMILES string of the molecule is CC(=O)OC1C[C@]2(C)[C@@H](C(C)=O)CC[C@H]2[C@@H]2CC=C3CC(C(O)CO)CC[C@]3(C)[C@@H]12. The molecule has 0 heterocycles. The van der Waals surface area contributed by atoms with Crippen LogP contribution in [0.15, 0.2) is 11.6 Å². The lowest BCUT2D eigenvalue weighted by Gasteiger charge is -2.60. The fraction of sp³-hybridized carbons (Fsp3) is 0.840. The lowest BCUT2D eigenvalue weighted by atomic mass is 9.46. The van der Waals surface area contributed by atoms with Gasteiger partial charge in [-0.3, -0.25) is 9.59 Å². The van der Waals surface area contributed by atoms with Crippen molar-refractivity contribution in [3.05, 3.63) is 11.6 Å². The van der Waals surface area contributed by atoms with Crippen LogP contribution in [0.4, 0.5) is 0 Å². The highest BCUT2D eigenvalue weighted by Gasteiger charge is 2.63. The quantitative estimate of drug-likeness (QED) is 0.538. The second kappa shape index (κ2) is 7.74. The van der Waals surface area contributed by atoms with E-state index in [4.69, 9.17) is 4.74 Å². The zero-order chi connectivity index (χ0) is 21.8. The first-order chi connectivity index (χ1) is 14.1. The Balaban J connectivity index is 1.71. The third-order valence-corrected chi connectivity index (χ3v) is 9.59. The average Bonchev–Trinajstić information content (AvgIpc) is 3.02. The number of carbonyl (C=O) groups excluding carboxylic acids is 2. The van der Waals surface area contributed by atoms with Crippen LogP contribution < -0.4 is 0 Å². The van der Waals surface area contributed by atoms with Crippen LogP contribution in [0.1, 0.15) is 72.6 Å². The molecule has 4 aliphatic rings. The Morgan fingerprint density at radius 1 is 1.23 bits per heavy atom. The van der Waals surface area contributed by atoms with Crippen LogP contribution in [0, 0.1) is 40.4 Å². The molecule has 3 fully saturated rings. The summed E-state index contributed by atoms with van der Waals surface area (Å²) in [4.78, 5) is 24.5. The molecule has 0 amide bonds. The number of allylic oxidation sites excluding steroid dienone is 2. The molecule has 4 rings (SSSR count). The van der Waals surface area contributed by atoms with Crippen molar-refractivity contribution in [3.63, 3.8) is 0 Å². The zero-order valence-corrected chi connectivity index (χ0v) is 18.9. The maximum absolute atomic E-state index is 12.5. The predicted octanol–water partition coefficient (Wildman–Crippen LogP) is 3.67. The normalized spacial score (nSPS) is 46.1. The number of hydrogen-bond acceptors (Lipinski definition) is 5. The van der Waals surface area contributed by atoms with E-state index in [0.29, 0.717) is 11.8 Å². The van der Waals surface area contributed by atoms with E-state index in [1.54, 1.807) is 6.92 Å². The molecule has 0 aromatic carbocycles. The van der Waals surface area contributed by atoms with E-state index >= 15 is 0 Å². The first kappa shape index (κ1) is 22.0. The molecule has 0 saturated heterocycles. The van der Waals surface area contributed by atoms with E-state index in [1.807, 2.05) is 0 Å². The van der Waals surface area contributed by atoms with Crippen LogP contribution in [-0.4, -0.2) is 40.8 Å². The van der Waals surface area contributed by atoms with Crippen molar-refractivity contribution < 1.29 is 24.5 Å². The van der Waals surface area contributed by atoms with Crippen LogP contribution in [0.5, 0.6) is 0 Å². The topological polar surface area (TPSA) is 83.8 Å². The third kappa shape index (κ3) is 3.28. The molecule has 5 nitrogen and oxygen atoms in total. The van der Waals surface area contributed by atoms with Crippen molar-refractivity contribution in [2.45, 2.75) is 84.8 Å². The Labute approximate surface area is 180 Å². The van der Waals surface area contributed by atoms with Gasteiger partial charge in [-0.25, -0.2) is 0 Å². The number of ether oxygens (including phenoxy) is 1. The number of ketones is 1. The van der Waals surface area contributed by atoms with Crippen LogP contribution in [0.2, 0.25) is 0 Å².